The molecule has 1 heteroatoms. The van der Waals surface area contributed by atoms with Crippen LogP contribution in [0.15, 0.2) is 73.3 Å². The summed E-state index contributed by atoms with van der Waals surface area (Å²) in [5.74, 6) is 0. The van der Waals surface area contributed by atoms with E-state index >= 15 is 0 Å². The van der Waals surface area contributed by atoms with Crippen molar-refractivity contribution in [2.45, 2.75) is 46.1 Å². The lowest BCUT2D eigenvalue weighted by Crippen LogP contribution is -2.10. The molecule has 0 amide bonds. The number of allylic oxidation sites excluding steroid dienone is 3. The Hall–Kier alpha value is -3.06. The first-order chi connectivity index (χ1) is 14.8. The highest BCUT2D eigenvalue weighted by molar-refractivity contribution is 6.15. The molecule has 4 aromatic rings. The van der Waals surface area contributed by atoms with Gasteiger partial charge in [0.05, 0.1) is 11.6 Å². The molecular formula is C29H31N. The lowest BCUT2D eigenvalue weighted by molar-refractivity contribution is 0.528. The summed E-state index contributed by atoms with van der Waals surface area (Å²) in [6.07, 6.45) is 14.7. The van der Waals surface area contributed by atoms with Gasteiger partial charge in [0.2, 0.25) is 0 Å². The Morgan fingerprint density at radius 3 is 2.43 bits per heavy atom. The molecule has 0 aliphatic heterocycles. The van der Waals surface area contributed by atoms with Crippen molar-refractivity contribution in [1.82, 2.24) is 4.57 Å². The van der Waals surface area contributed by atoms with Gasteiger partial charge in [-0.1, -0.05) is 75.1 Å². The fourth-order valence-corrected chi connectivity index (χ4v) is 4.78. The van der Waals surface area contributed by atoms with E-state index < -0.39 is 0 Å². The molecule has 1 aliphatic carbocycles. The number of aromatic nitrogens is 1. The minimum Gasteiger partial charge on any atom is -0.333 e. The van der Waals surface area contributed by atoms with Crippen LogP contribution in [0.1, 0.15) is 57.3 Å². The topological polar surface area (TPSA) is 4.93 Å². The summed E-state index contributed by atoms with van der Waals surface area (Å²) in [6.45, 7) is 10.3. The molecular weight excluding hydrogens is 362 g/mol. The Bertz CT molecular complexity index is 1270. The van der Waals surface area contributed by atoms with Gasteiger partial charge in [-0.2, -0.15) is 0 Å². The van der Waals surface area contributed by atoms with Crippen LogP contribution < -0.4 is 0 Å². The van der Waals surface area contributed by atoms with E-state index in [1.165, 1.54) is 63.0 Å². The number of hydrogen-bond donors (Lipinski definition) is 0. The van der Waals surface area contributed by atoms with Gasteiger partial charge >= 0.3 is 0 Å². The van der Waals surface area contributed by atoms with Gasteiger partial charge in [0.1, 0.15) is 0 Å². The first kappa shape index (κ1) is 20.2. The molecule has 1 heterocycles. The molecule has 0 bridgehead atoms. The van der Waals surface area contributed by atoms with E-state index in [2.05, 4.69) is 90.9 Å². The zero-order chi connectivity index (χ0) is 21.1. The van der Waals surface area contributed by atoms with Gasteiger partial charge in [-0.05, 0) is 72.0 Å². The van der Waals surface area contributed by atoms with E-state index in [0.717, 1.165) is 0 Å². The maximum atomic E-state index is 4.18. The summed E-state index contributed by atoms with van der Waals surface area (Å²) in [5.41, 5.74) is 3.82. The predicted molar refractivity (Wildman–Crippen MR) is 135 cm³/mol. The summed E-state index contributed by atoms with van der Waals surface area (Å²) >= 11 is 0. The second-order valence-electron chi connectivity index (χ2n) is 7.68. The molecule has 1 aromatic heterocycles. The van der Waals surface area contributed by atoms with Crippen LogP contribution in [0.3, 0.4) is 0 Å². The highest BCUT2D eigenvalue weighted by Crippen LogP contribution is 2.39. The van der Waals surface area contributed by atoms with Crippen LogP contribution in [0, 0.1) is 0 Å². The lowest BCUT2D eigenvalue weighted by Gasteiger charge is -2.21. The van der Waals surface area contributed by atoms with Gasteiger partial charge in [-0.25, -0.2) is 0 Å². The molecule has 0 fully saturated rings. The predicted octanol–water partition coefficient (Wildman–Crippen LogP) is 8.93. The monoisotopic (exact) mass is 393 g/mol. The van der Waals surface area contributed by atoms with Gasteiger partial charge in [-0.15, -0.1) is 0 Å². The van der Waals surface area contributed by atoms with Crippen LogP contribution in [0.25, 0.3) is 44.6 Å². The molecule has 0 spiro atoms. The van der Waals surface area contributed by atoms with Crippen LogP contribution in [0.2, 0.25) is 0 Å². The Kier molecular flexibility index (Phi) is 5.90. The maximum absolute atomic E-state index is 4.18. The Balaban J connectivity index is 0.00000106. The molecule has 0 saturated carbocycles. The van der Waals surface area contributed by atoms with Crippen molar-refractivity contribution in [3.8, 4) is 0 Å². The van der Waals surface area contributed by atoms with Gasteiger partial charge in [0, 0.05) is 16.6 Å². The van der Waals surface area contributed by atoms with E-state index in [1.54, 1.807) is 0 Å². The minimum absolute atomic E-state index is 0.404. The summed E-state index contributed by atoms with van der Waals surface area (Å²) in [7, 11) is 0. The van der Waals surface area contributed by atoms with Crippen molar-refractivity contribution in [3.63, 3.8) is 0 Å². The Morgan fingerprint density at radius 2 is 1.77 bits per heavy atom. The average molecular weight is 394 g/mol. The quantitative estimate of drug-likeness (QED) is 0.242. The Labute approximate surface area is 180 Å². The smallest absolute Gasteiger partial charge is 0.0522 e. The number of nitrogens with zero attached hydrogens (tertiary/aromatic N) is 1. The second kappa shape index (κ2) is 8.75. The van der Waals surface area contributed by atoms with E-state index in [4.69, 9.17) is 0 Å². The van der Waals surface area contributed by atoms with Crippen molar-refractivity contribution in [2.75, 3.05) is 0 Å². The highest BCUT2D eigenvalue weighted by atomic mass is 15.0. The zero-order valence-corrected chi connectivity index (χ0v) is 18.4. The standard InChI is InChI=1S/C27H25N.C2H6/c1-3-10-23-25(4-2)28(22-13-6-5-7-14-22)26-16-15-21-17-19-11-8-9-12-20(19)18-24(21)27(23)26;1-2/h3-4,6,8-13,15-18,22H,2,5,7,14H2,1H3;1-2H3/b10-3-;. The lowest BCUT2D eigenvalue weighted by atomic mass is 9.98. The zero-order valence-electron chi connectivity index (χ0n) is 18.4. The minimum atomic E-state index is 0.404. The van der Waals surface area contributed by atoms with Gasteiger partial charge in [0.15, 0.2) is 0 Å². The largest absolute Gasteiger partial charge is 0.333 e. The van der Waals surface area contributed by atoms with Gasteiger partial charge in [0.25, 0.3) is 0 Å². The van der Waals surface area contributed by atoms with Crippen LogP contribution in [-0.2, 0) is 0 Å². The fourth-order valence-electron chi connectivity index (χ4n) is 4.78. The van der Waals surface area contributed by atoms with Crippen LogP contribution in [0.5, 0.6) is 0 Å². The van der Waals surface area contributed by atoms with Crippen LogP contribution in [0.4, 0.5) is 0 Å². The number of hydrogen-bond acceptors (Lipinski definition) is 0. The SMILES string of the molecule is C=Cc1c(/C=C\C)c2c3cc4ccccc4cc3ccc2n1C1C=CCCC1.CC. The molecule has 1 unspecified atom stereocenters. The summed E-state index contributed by atoms with van der Waals surface area (Å²) < 4.78 is 2.50. The average Bonchev–Trinajstić information content (AvgIpc) is 3.13. The van der Waals surface area contributed by atoms with Crippen molar-refractivity contribution in [2.24, 2.45) is 0 Å². The number of benzene rings is 3. The highest BCUT2D eigenvalue weighted by Gasteiger charge is 2.21. The molecule has 5 rings (SSSR count). The maximum Gasteiger partial charge on any atom is 0.0522 e. The Morgan fingerprint density at radius 1 is 1.00 bits per heavy atom. The third-order valence-electron chi connectivity index (χ3n) is 6.02. The molecule has 3 aromatic carbocycles. The molecule has 1 atom stereocenters. The third-order valence-corrected chi connectivity index (χ3v) is 6.02. The van der Waals surface area contributed by atoms with E-state index in [1.807, 2.05) is 19.9 Å². The van der Waals surface area contributed by atoms with Gasteiger partial charge in [-0.3, -0.25) is 0 Å². The van der Waals surface area contributed by atoms with Crippen molar-refractivity contribution < 1.29 is 0 Å². The third kappa shape index (κ3) is 3.29. The number of fused-ring (bicyclic) bond motifs is 4. The summed E-state index contributed by atoms with van der Waals surface area (Å²) in [6, 6.07) is 18.3. The first-order valence-electron chi connectivity index (χ1n) is 11.2. The van der Waals surface area contributed by atoms with Crippen molar-refractivity contribution >= 4 is 44.6 Å². The normalized spacial score (nSPS) is 16.3. The first-order valence-corrected chi connectivity index (χ1v) is 11.2. The van der Waals surface area contributed by atoms with E-state index in [9.17, 15) is 0 Å². The van der Waals surface area contributed by atoms with Gasteiger partial charge < -0.3 is 4.57 Å². The molecule has 0 radical (unpaired) electrons. The molecule has 0 N–H and O–H groups in total. The van der Waals surface area contributed by atoms with Crippen molar-refractivity contribution in [1.29, 1.82) is 0 Å². The van der Waals surface area contributed by atoms with E-state index in [0.29, 0.717) is 6.04 Å². The molecule has 1 aliphatic rings. The molecule has 1 nitrogen and oxygen atoms in total. The summed E-state index contributed by atoms with van der Waals surface area (Å²) in [4.78, 5) is 0. The molecule has 30 heavy (non-hydrogen) atoms. The summed E-state index contributed by atoms with van der Waals surface area (Å²) in [5, 5.41) is 6.55. The molecule has 0 saturated heterocycles. The molecule has 152 valence electrons. The fraction of sp³-hybridized carbons (Fsp3) is 0.241. The van der Waals surface area contributed by atoms with Crippen molar-refractivity contribution in [3.05, 3.63) is 84.6 Å². The second-order valence-corrected chi connectivity index (χ2v) is 7.68. The van der Waals surface area contributed by atoms with Crippen LogP contribution >= 0.6 is 0 Å². The number of rotatable bonds is 3. The van der Waals surface area contributed by atoms with Crippen LogP contribution in [-0.4, -0.2) is 4.57 Å². The van der Waals surface area contributed by atoms with E-state index in [-0.39, 0.29) is 0 Å².